The van der Waals surface area contributed by atoms with Crippen LogP contribution >= 0.6 is 11.3 Å². The van der Waals surface area contributed by atoms with Crippen LogP contribution in [0, 0.1) is 12.7 Å². The quantitative estimate of drug-likeness (QED) is 0.773. The lowest BCUT2D eigenvalue weighted by molar-refractivity contribution is 0.0954. The third-order valence-corrected chi connectivity index (χ3v) is 4.90. The van der Waals surface area contributed by atoms with E-state index in [0.29, 0.717) is 11.4 Å². The average molecular weight is 346 g/mol. The number of rotatable bonds is 5. The van der Waals surface area contributed by atoms with Gasteiger partial charge >= 0.3 is 0 Å². The highest BCUT2D eigenvalue weighted by Crippen LogP contribution is 2.27. The van der Waals surface area contributed by atoms with Crippen LogP contribution in [0.1, 0.15) is 15.4 Å². The van der Waals surface area contributed by atoms with Crippen molar-refractivity contribution in [2.24, 2.45) is 0 Å². The summed E-state index contributed by atoms with van der Waals surface area (Å²) in [5, 5.41) is 2.92. The molecule has 0 bridgehead atoms. The molecule has 1 amide bonds. The molecule has 0 aliphatic heterocycles. The van der Waals surface area contributed by atoms with Crippen molar-refractivity contribution in [3.05, 3.63) is 46.9 Å². The minimum atomic E-state index is -0.271. The number of nitrogens with zero attached hydrogens (tertiary/aromatic N) is 3. The van der Waals surface area contributed by atoms with Gasteiger partial charge in [-0.15, -0.1) is 0 Å². The van der Waals surface area contributed by atoms with Gasteiger partial charge in [-0.3, -0.25) is 9.20 Å². The summed E-state index contributed by atoms with van der Waals surface area (Å²) >= 11 is 1.36. The minimum absolute atomic E-state index is 0.0758. The van der Waals surface area contributed by atoms with Crippen molar-refractivity contribution in [3.63, 3.8) is 0 Å². The summed E-state index contributed by atoms with van der Waals surface area (Å²) in [7, 11) is 3.93. The standard InChI is InChI=1S/C17H19FN4OS/c1-11-15(16(23)19-8-9-21(2)3)24-17-20-14(10-22(11)17)12-4-6-13(18)7-5-12/h4-7,10H,8-9H2,1-3H3,(H,19,23). The Labute approximate surface area is 143 Å². The Morgan fingerprint density at radius 2 is 2.04 bits per heavy atom. The van der Waals surface area contributed by atoms with Crippen molar-refractivity contribution in [2.45, 2.75) is 6.92 Å². The van der Waals surface area contributed by atoms with Gasteiger partial charge in [-0.05, 0) is 45.3 Å². The first-order valence-corrected chi connectivity index (χ1v) is 8.44. The number of amides is 1. The topological polar surface area (TPSA) is 49.6 Å². The molecule has 1 N–H and O–H groups in total. The molecule has 7 heteroatoms. The minimum Gasteiger partial charge on any atom is -0.350 e. The van der Waals surface area contributed by atoms with E-state index in [1.165, 1.54) is 23.5 Å². The number of likely N-dealkylation sites (N-methyl/N-ethyl adjacent to an activating group) is 1. The fraction of sp³-hybridized carbons (Fsp3) is 0.294. The van der Waals surface area contributed by atoms with Crippen LogP contribution in [0.5, 0.6) is 0 Å². The number of hydrogen-bond acceptors (Lipinski definition) is 4. The van der Waals surface area contributed by atoms with Gasteiger partial charge in [0, 0.05) is 30.5 Å². The van der Waals surface area contributed by atoms with E-state index in [4.69, 9.17) is 0 Å². The van der Waals surface area contributed by atoms with Crippen LogP contribution in [0.2, 0.25) is 0 Å². The summed E-state index contributed by atoms with van der Waals surface area (Å²) in [4.78, 5) is 20.3. The van der Waals surface area contributed by atoms with Crippen molar-refractivity contribution >= 4 is 22.2 Å². The molecule has 2 heterocycles. The monoisotopic (exact) mass is 346 g/mol. The molecule has 0 unspecified atom stereocenters. The van der Waals surface area contributed by atoms with Gasteiger partial charge in [0.05, 0.1) is 5.69 Å². The first-order valence-electron chi connectivity index (χ1n) is 7.63. The second kappa shape index (κ2) is 6.70. The number of fused-ring (bicyclic) bond motifs is 1. The van der Waals surface area contributed by atoms with Crippen LogP contribution in [0.25, 0.3) is 16.2 Å². The van der Waals surface area contributed by atoms with Crippen molar-refractivity contribution in [3.8, 4) is 11.3 Å². The van der Waals surface area contributed by atoms with Crippen molar-refractivity contribution < 1.29 is 9.18 Å². The van der Waals surface area contributed by atoms with E-state index in [1.807, 2.05) is 36.5 Å². The van der Waals surface area contributed by atoms with Gasteiger partial charge in [0.2, 0.25) is 0 Å². The Bertz CT molecular complexity index is 867. The Balaban J connectivity index is 1.83. The lowest BCUT2D eigenvalue weighted by atomic mass is 10.2. The highest BCUT2D eigenvalue weighted by atomic mass is 32.1. The SMILES string of the molecule is Cc1c(C(=O)NCCN(C)C)sc2nc(-c3ccc(F)cc3)cn12. The molecule has 126 valence electrons. The van der Waals surface area contributed by atoms with E-state index in [9.17, 15) is 9.18 Å². The van der Waals surface area contributed by atoms with Crippen LogP contribution in [-0.4, -0.2) is 47.4 Å². The Hall–Kier alpha value is -2.25. The smallest absolute Gasteiger partial charge is 0.263 e. The van der Waals surface area contributed by atoms with E-state index < -0.39 is 0 Å². The molecule has 0 saturated heterocycles. The fourth-order valence-corrected chi connectivity index (χ4v) is 3.42. The third kappa shape index (κ3) is 3.32. The zero-order chi connectivity index (χ0) is 17.3. The molecule has 0 spiro atoms. The van der Waals surface area contributed by atoms with Gasteiger partial charge in [0.15, 0.2) is 4.96 Å². The van der Waals surface area contributed by atoms with Gasteiger partial charge in [-0.2, -0.15) is 0 Å². The maximum absolute atomic E-state index is 13.0. The highest BCUT2D eigenvalue weighted by molar-refractivity contribution is 7.19. The number of hydrogen-bond donors (Lipinski definition) is 1. The lowest BCUT2D eigenvalue weighted by Crippen LogP contribution is -2.31. The number of halogens is 1. The van der Waals surface area contributed by atoms with Crippen molar-refractivity contribution in [2.75, 3.05) is 27.2 Å². The number of nitrogens with one attached hydrogen (secondary N) is 1. The summed E-state index contributed by atoms with van der Waals surface area (Å²) in [5.74, 6) is -0.346. The number of benzene rings is 1. The summed E-state index contributed by atoms with van der Waals surface area (Å²) in [6, 6.07) is 6.23. The molecule has 0 saturated carbocycles. The molecule has 3 rings (SSSR count). The molecule has 3 aromatic rings. The largest absolute Gasteiger partial charge is 0.350 e. The molecule has 2 aromatic heterocycles. The van der Waals surface area contributed by atoms with Crippen molar-refractivity contribution in [1.29, 1.82) is 0 Å². The number of carbonyl (C=O) groups excluding carboxylic acids is 1. The highest BCUT2D eigenvalue weighted by Gasteiger charge is 2.17. The molecule has 0 atom stereocenters. The number of carbonyl (C=O) groups is 1. The number of aryl methyl sites for hydroxylation is 1. The van der Waals surface area contributed by atoms with E-state index in [-0.39, 0.29) is 11.7 Å². The zero-order valence-electron chi connectivity index (χ0n) is 13.8. The van der Waals surface area contributed by atoms with Crippen LogP contribution < -0.4 is 5.32 Å². The van der Waals surface area contributed by atoms with E-state index >= 15 is 0 Å². The van der Waals surface area contributed by atoms with E-state index in [1.54, 1.807) is 12.1 Å². The third-order valence-electron chi connectivity index (χ3n) is 3.75. The van der Waals surface area contributed by atoms with Crippen LogP contribution in [0.4, 0.5) is 4.39 Å². The van der Waals surface area contributed by atoms with E-state index in [0.717, 1.165) is 28.5 Å². The molecule has 24 heavy (non-hydrogen) atoms. The van der Waals surface area contributed by atoms with Gasteiger partial charge in [-0.25, -0.2) is 9.37 Å². The maximum Gasteiger partial charge on any atom is 0.263 e. The molecular formula is C17H19FN4OS. The van der Waals surface area contributed by atoms with Gasteiger partial charge in [-0.1, -0.05) is 11.3 Å². The molecule has 0 aliphatic carbocycles. The Morgan fingerprint density at radius 1 is 1.33 bits per heavy atom. The Morgan fingerprint density at radius 3 is 2.67 bits per heavy atom. The summed E-state index contributed by atoms with van der Waals surface area (Å²) < 4.78 is 14.9. The zero-order valence-corrected chi connectivity index (χ0v) is 14.7. The fourth-order valence-electron chi connectivity index (χ4n) is 2.39. The molecular weight excluding hydrogens is 327 g/mol. The van der Waals surface area contributed by atoms with Gasteiger partial charge < -0.3 is 10.2 Å². The number of aromatic nitrogens is 2. The normalized spacial score (nSPS) is 11.4. The predicted molar refractivity (Wildman–Crippen MR) is 94.1 cm³/mol. The summed E-state index contributed by atoms with van der Waals surface area (Å²) in [6.45, 7) is 3.30. The molecule has 1 aromatic carbocycles. The van der Waals surface area contributed by atoms with Crippen LogP contribution in [0.3, 0.4) is 0 Å². The summed E-state index contributed by atoms with van der Waals surface area (Å²) in [5.41, 5.74) is 2.48. The molecule has 0 fully saturated rings. The van der Waals surface area contributed by atoms with E-state index in [2.05, 4.69) is 10.3 Å². The van der Waals surface area contributed by atoms with Gasteiger partial charge in [0.1, 0.15) is 10.7 Å². The summed E-state index contributed by atoms with van der Waals surface area (Å²) in [6.07, 6.45) is 1.88. The first-order chi connectivity index (χ1) is 11.5. The number of thiazole rings is 1. The maximum atomic E-state index is 13.0. The molecule has 5 nitrogen and oxygen atoms in total. The second-order valence-electron chi connectivity index (χ2n) is 5.86. The van der Waals surface area contributed by atoms with Gasteiger partial charge in [0.25, 0.3) is 5.91 Å². The molecule has 0 radical (unpaired) electrons. The predicted octanol–water partition coefficient (Wildman–Crippen LogP) is 2.80. The second-order valence-corrected chi connectivity index (χ2v) is 6.84. The van der Waals surface area contributed by atoms with Crippen molar-refractivity contribution in [1.82, 2.24) is 19.6 Å². The lowest BCUT2D eigenvalue weighted by Gasteiger charge is -2.09. The van der Waals surface area contributed by atoms with Crippen LogP contribution in [0.15, 0.2) is 30.5 Å². The Kier molecular flexibility index (Phi) is 4.64. The van der Waals surface area contributed by atoms with Crippen LogP contribution in [-0.2, 0) is 0 Å². The molecule has 0 aliphatic rings. The average Bonchev–Trinajstić information content (AvgIpc) is 3.07. The first kappa shape index (κ1) is 16.6. The number of imidazole rings is 1.